The maximum atomic E-state index is 12.7. The number of para-hydroxylation sites is 3. The molecule has 4 rings (SSSR count). The van der Waals surface area contributed by atoms with Crippen LogP contribution in [0.1, 0.15) is 5.56 Å². The van der Waals surface area contributed by atoms with Gasteiger partial charge < -0.3 is 14.0 Å². The number of thiazole rings is 1. The Hall–Kier alpha value is -2.86. The largest absolute Gasteiger partial charge is 0.485 e. The molecule has 0 radical (unpaired) electrons. The van der Waals surface area contributed by atoms with Crippen molar-refractivity contribution in [1.29, 1.82) is 0 Å². The fraction of sp³-hybridized carbons (Fsp3) is 0.200. The first kappa shape index (κ1) is 16.6. The SMILES string of the molecule is C=CCn1c(=NC(=O)C2COc3ccccc3O2)sc2cccc(C)c21. The van der Waals surface area contributed by atoms with E-state index in [0.717, 1.165) is 15.8 Å². The molecule has 5 nitrogen and oxygen atoms in total. The van der Waals surface area contributed by atoms with Gasteiger partial charge in [0.15, 0.2) is 16.3 Å². The van der Waals surface area contributed by atoms with Crippen molar-refractivity contribution in [2.45, 2.75) is 19.6 Å². The van der Waals surface area contributed by atoms with E-state index in [2.05, 4.69) is 24.6 Å². The number of allylic oxidation sites excluding steroid dienone is 1. The van der Waals surface area contributed by atoms with E-state index >= 15 is 0 Å². The Morgan fingerprint density at radius 1 is 1.31 bits per heavy atom. The summed E-state index contributed by atoms with van der Waals surface area (Å²) in [5.41, 5.74) is 2.22. The van der Waals surface area contributed by atoms with Gasteiger partial charge in [0.25, 0.3) is 5.91 Å². The second-order valence-electron chi connectivity index (χ2n) is 6.02. The third-order valence-electron chi connectivity index (χ3n) is 4.20. The highest BCUT2D eigenvalue weighted by Gasteiger charge is 2.27. The van der Waals surface area contributed by atoms with Gasteiger partial charge in [-0.1, -0.05) is 41.7 Å². The van der Waals surface area contributed by atoms with E-state index in [1.54, 1.807) is 12.1 Å². The van der Waals surface area contributed by atoms with Crippen molar-refractivity contribution in [3.05, 3.63) is 65.5 Å². The minimum atomic E-state index is -0.742. The maximum Gasteiger partial charge on any atom is 0.292 e. The summed E-state index contributed by atoms with van der Waals surface area (Å²) in [6.07, 6.45) is 1.06. The van der Waals surface area contributed by atoms with E-state index in [4.69, 9.17) is 9.47 Å². The summed E-state index contributed by atoms with van der Waals surface area (Å²) >= 11 is 1.49. The van der Waals surface area contributed by atoms with Crippen LogP contribution in [0.25, 0.3) is 10.2 Å². The van der Waals surface area contributed by atoms with Crippen molar-refractivity contribution in [3.8, 4) is 11.5 Å². The van der Waals surface area contributed by atoms with Gasteiger partial charge in [0.05, 0.1) is 10.2 Å². The lowest BCUT2D eigenvalue weighted by atomic mass is 10.2. The number of aryl methyl sites for hydroxylation is 1. The number of aromatic nitrogens is 1. The molecule has 1 aromatic heterocycles. The van der Waals surface area contributed by atoms with Crippen LogP contribution in [0.15, 0.2) is 60.1 Å². The summed E-state index contributed by atoms with van der Waals surface area (Å²) in [4.78, 5) is 17.7. The lowest BCUT2D eigenvalue weighted by Crippen LogP contribution is -2.36. The van der Waals surface area contributed by atoms with Crippen LogP contribution in [0.4, 0.5) is 0 Å². The van der Waals surface area contributed by atoms with Gasteiger partial charge in [-0.25, -0.2) is 0 Å². The molecule has 1 aliphatic rings. The second-order valence-corrected chi connectivity index (χ2v) is 7.03. The highest BCUT2D eigenvalue weighted by molar-refractivity contribution is 7.16. The summed E-state index contributed by atoms with van der Waals surface area (Å²) in [7, 11) is 0. The second kappa shape index (κ2) is 6.80. The molecule has 26 heavy (non-hydrogen) atoms. The quantitative estimate of drug-likeness (QED) is 0.667. The number of hydrogen-bond donors (Lipinski definition) is 0. The molecule has 1 atom stereocenters. The Balaban J connectivity index is 1.72. The van der Waals surface area contributed by atoms with E-state index in [1.807, 2.05) is 34.9 Å². The van der Waals surface area contributed by atoms with Crippen molar-refractivity contribution >= 4 is 27.5 Å². The zero-order valence-electron chi connectivity index (χ0n) is 14.3. The fourth-order valence-corrected chi connectivity index (χ4v) is 4.12. The monoisotopic (exact) mass is 366 g/mol. The number of nitrogens with zero attached hydrogens (tertiary/aromatic N) is 2. The molecule has 0 fully saturated rings. The van der Waals surface area contributed by atoms with Gasteiger partial charge in [-0.15, -0.1) is 6.58 Å². The third kappa shape index (κ3) is 2.93. The molecule has 0 N–H and O–H groups in total. The number of fused-ring (bicyclic) bond motifs is 2. The molecular weight excluding hydrogens is 348 g/mol. The number of carbonyl (C=O) groups excluding carboxylic acids is 1. The van der Waals surface area contributed by atoms with Crippen LogP contribution in [-0.2, 0) is 11.3 Å². The highest BCUT2D eigenvalue weighted by Crippen LogP contribution is 2.31. The Morgan fingerprint density at radius 3 is 2.92 bits per heavy atom. The van der Waals surface area contributed by atoms with Crippen molar-refractivity contribution in [1.82, 2.24) is 4.57 Å². The lowest BCUT2D eigenvalue weighted by Gasteiger charge is -2.23. The van der Waals surface area contributed by atoms with E-state index in [1.165, 1.54) is 11.3 Å². The van der Waals surface area contributed by atoms with Gasteiger partial charge in [0.1, 0.15) is 6.61 Å². The lowest BCUT2D eigenvalue weighted by molar-refractivity contribution is -0.127. The number of carbonyl (C=O) groups is 1. The Morgan fingerprint density at radius 2 is 2.12 bits per heavy atom. The molecule has 2 heterocycles. The summed E-state index contributed by atoms with van der Waals surface area (Å²) in [5.74, 6) is 0.871. The van der Waals surface area contributed by atoms with Crippen molar-refractivity contribution in [3.63, 3.8) is 0 Å². The Kier molecular flexibility index (Phi) is 4.34. The number of amides is 1. The van der Waals surface area contributed by atoms with Crippen molar-refractivity contribution in [2.75, 3.05) is 6.61 Å². The molecule has 3 aromatic rings. The van der Waals surface area contributed by atoms with E-state index in [0.29, 0.717) is 22.8 Å². The molecule has 6 heteroatoms. The van der Waals surface area contributed by atoms with Crippen LogP contribution < -0.4 is 14.3 Å². The molecule has 0 saturated heterocycles. The Labute approximate surface area is 154 Å². The molecule has 0 spiro atoms. The number of benzene rings is 2. The average Bonchev–Trinajstić information content (AvgIpc) is 3.00. The van der Waals surface area contributed by atoms with Gasteiger partial charge in [0.2, 0.25) is 6.10 Å². The number of hydrogen-bond acceptors (Lipinski definition) is 4. The van der Waals surface area contributed by atoms with E-state index < -0.39 is 6.10 Å². The highest BCUT2D eigenvalue weighted by atomic mass is 32.1. The zero-order chi connectivity index (χ0) is 18.1. The first-order valence-corrected chi connectivity index (χ1v) is 9.16. The van der Waals surface area contributed by atoms with Crippen molar-refractivity contribution in [2.24, 2.45) is 4.99 Å². The maximum absolute atomic E-state index is 12.7. The minimum absolute atomic E-state index is 0.157. The van der Waals surface area contributed by atoms with Crippen LogP contribution in [0, 0.1) is 6.92 Å². The molecular formula is C20H18N2O3S. The molecule has 1 aliphatic heterocycles. The van der Waals surface area contributed by atoms with E-state index in [9.17, 15) is 4.79 Å². The smallest absolute Gasteiger partial charge is 0.292 e. The normalized spacial score (nSPS) is 16.7. The summed E-state index contributed by atoms with van der Waals surface area (Å²) in [6, 6.07) is 13.4. The molecule has 0 saturated carbocycles. The Bertz CT molecular complexity index is 1060. The molecule has 2 aromatic carbocycles. The van der Waals surface area contributed by atoms with Crippen LogP contribution in [0.5, 0.6) is 11.5 Å². The third-order valence-corrected chi connectivity index (χ3v) is 5.25. The molecule has 0 aliphatic carbocycles. The first-order chi connectivity index (χ1) is 12.7. The summed E-state index contributed by atoms with van der Waals surface area (Å²) in [5, 5.41) is 0. The predicted molar refractivity (Wildman–Crippen MR) is 102 cm³/mol. The average molecular weight is 366 g/mol. The number of ether oxygens (including phenoxy) is 2. The molecule has 132 valence electrons. The van der Waals surface area contributed by atoms with Crippen molar-refractivity contribution < 1.29 is 14.3 Å². The van der Waals surface area contributed by atoms with E-state index in [-0.39, 0.29) is 12.5 Å². The van der Waals surface area contributed by atoms with Crippen LogP contribution in [-0.4, -0.2) is 23.2 Å². The topological polar surface area (TPSA) is 52.8 Å². The van der Waals surface area contributed by atoms with Gasteiger partial charge in [-0.05, 0) is 30.7 Å². The standard InChI is InChI=1S/C20H18N2O3S/c1-3-11-22-18-13(2)7-6-10-17(18)26-20(22)21-19(23)16-12-24-14-8-4-5-9-15(14)25-16/h3-10,16H,1,11-12H2,2H3. The van der Waals surface area contributed by atoms with Crippen LogP contribution in [0.2, 0.25) is 0 Å². The first-order valence-electron chi connectivity index (χ1n) is 8.34. The fourth-order valence-electron chi connectivity index (χ4n) is 3.00. The van der Waals surface area contributed by atoms with Crippen LogP contribution >= 0.6 is 11.3 Å². The van der Waals surface area contributed by atoms with Gasteiger partial charge in [0, 0.05) is 6.54 Å². The minimum Gasteiger partial charge on any atom is -0.485 e. The van der Waals surface area contributed by atoms with Gasteiger partial charge >= 0.3 is 0 Å². The predicted octanol–water partition coefficient (Wildman–Crippen LogP) is 3.46. The molecule has 0 bridgehead atoms. The zero-order valence-corrected chi connectivity index (χ0v) is 15.2. The van der Waals surface area contributed by atoms with Crippen LogP contribution in [0.3, 0.4) is 0 Å². The number of rotatable bonds is 3. The summed E-state index contributed by atoms with van der Waals surface area (Å²) in [6.45, 7) is 6.61. The summed E-state index contributed by atoms with van der Waals surface area (Å²) < 4.78 is 14.5. The molecule has 1 unspecified atom stereocenters. The van der Waals surface area contributed by atoms with Gasteiger partial charge in [-0.2, -0.15) is 4.99 Å². The molecule has 1 amide bonds. The van der Waals surface area contributed by atoms with Gasteiger partial charge in [-0.3, -0.25) is 4.79 Å².